The lowest BCUT2D eigenvalue weighted by molar-refractivity contribution is 0.101. The summed E-state index contributed by atoms with van der Waals surface area (Å²) in [6.45, 7) is 11.7. The fourth-order valence-electron chi connectivity index (χ4n) is 3.49. The van der Waals surface area contributed by atoms with Gasteiger partial charge in [-0.1, -0.05) is 37.6 Å². The molecule has 0 unspecified atom stereocenters. The Balaban J connectivity index is 1.70. The van der Waals surface area contributed by atoms with Crippen molar-refractivity contribution < 1.29 is 4.79 Å². The summed E-state index contributed by atoms with van der Waals surface area (Å²) in [7, 11) is 1.80. The molecule has 176 valence electrons. The van der Waals surface area contributed by atoms with Gasteiger partial charge in [-0.3, -0.25) is 4.79 Å². The van der Waals surface area contributed by atoms with E-state index in [1.54, 1.807) is 23.9 Å². The van der Waals surface area contributed by atoms with Crippen molar-refractivity contribution in [3.63, 3.8) is 0 Å². The molecule has 1 aromatic carbocycles. The van der Waals surface area contributed by atoms with Crippen molar-refractivity contribution in [1.29, 1.82) is 0 Å². The van der Waals surface area contributed by atoms with Crippen molar-refractivity contribution in [2.75, 3.05) is 36.8 Å². The molecule has 0 saturated heterocycles. The summed E-state index contributed by atoms with van der Waals surface area (Å²) in [5.41, 5.74) is 1.91. The van der Waals surface area contributed by atoms with Crippen LogP contribution < -0.4 is 10.6 Å². The molecule has 0 aliphatic carbocycles. The molecule has 10 heteroatoms. The normalized spacial score (nSPS) is 11.1. The zero-order valence-electron chi connectivity index (χ0n) is 19.8. The fraction of sp³-hybridized carbons (Fsp3) is 0.435. The third-order valence-corrected chi connectivity index (χ3v) is 5.81. The van der Waals surface area contributed by atoms with Gasteiger partial charge in [0, 0.05) is 20.1 Å². The zero-order chi connectivity index (χ0) is 24.0. The first-order valence-electron chi connectivity index (χ1n) is 11.1. The Labute approximate surface area is 199 Å². The molecule has 0 spiro atoms. The van der Waals surface area contributed by atoms with Gasteiger partial charge in [-0.2, -0.15) is 9.97 Å². The maximum absolute atomic E-state index is 12.9. The molecule has 0 bridgehead atoms. The monoisotopic (exact) mass is 470 g/mol. The largest absolute Gasteiger partial charge is 0.353 e. The number of likely N-dealkylation sites (N-methyl/N-ethyl adjacent to an activating group) is 1. The van der Waals surface area contributed by atoms with E-state index in [9.17, 15) is 4.79 Å². The minimum atomic E-state index is -0.280. The van der Waals surface area contributed by atoms with E-state index in [-0.39, 0.29) is 5.91 Å². The van der Waals surface area contributed by atoms with Crippen molar-refractivity contribution in [3.05, 3.63) is 58.1 Å². The van der Waals surface area contributed by atoms with Crippen LogP contribution in [0.5, 0.6) is 0 Å². The van der Waals surface area contributed by atoms with E-state index in [0.29, 0.717) is 46.2 Å². The summed E-state index contributed by atoms with van der Waals surface area (Å²) in [4.78, 5) is 33.0. The van der Waals surface area contributed by atoms with E-state index in [4.69, 9.17) is 11.6 Å². The number of imidazole rings is 1. The quantitative estimate of drug-likeness (QED) is 0.467. The summed E-state index contributed by atoms with van der Waals surface area (Å²) in [6, 6.07) is 5.49. The van der Waals surface area contributed by atoms with Crippen molar-refractivity contribution in [1.82, 2.24) is 29.4 Å². The highest BCUT2D eigenvalue weighted by atomic mass is 35.5. The zero-order valence-corrected chi connectivity index (χ0v) is 20.6. The summed E-state index contributed by atoms with van der Waals surface area (Å²) >= 11 is 6.24. The van der Waals surface area contributed by atoms with Crippen LogP contribution >= 0.6 is 11.6 Å². The molecule has 1 amide bonds. The molecule has 33 heavy (non-hydrogen) atoms. The number of aromatic nitrogens is 5. The van der Waals surface area contributed by atoms with Crippen LogP contribution in [0.15, 0.2) is 24.4 Å². The first-order chi connectivity index (χ1) is 15.8. The molecule has 0 radical (unpaired) electrons. The van der Waals surface area contributed by atoms with Crippen molar-refractivity contribution in [2.24, 2.45) is 7.05 Å². The lowest BCUT2D eigenvalue weighted by atomic mass is 10.2. The molecular formula is C23H31ClN8O. The summed E-state index contributed by atoms with van der Waals surface area (Å²) in [6.07, 6.45) is 1.93. The fourth-order valence-corrected chi connectivity index (χ4v) is 3.76. The first kappa shape index (κ1) is 24.6. The van der Waals surface area contributed by atoms with Gasteiger partial charge in [0.1, 0.15) is 23.2 Å². The predicted octanol–water partition coefficient (Wildman–Crippen LogP) is 3.47. The van der Waals surface area contributed by atoms with Gasteiger partial charge in [-0.25, -0.2) is 9.97 Å². The highest BCUT2D eigenvalue weighted by molar-refractivity contribution is 6.34. The topological polar surface area (TPSA) is 101 Å². The molecule has 0 aliphatic rings. The highest BCUT2D eigenvalue weighted by Gasteiger charge is 2.17. The van der Waals surface area contributed by atoms with Crippen LogP contribution in [0.2, 0.25) is 5.02 Å². The van der Waals surface area contributed by atoms with Gasteiger partial charge in [0.05, 0.1) is 23.3 Å². The number of carbonyl (C=O) groups is 1. The molecule has 3 aromatic rings. The number of hydrogen-bond donors (Lipinski definition) is 2. The third kappa shape index (κ3) is 6.27. The van der Waals surface area contributed by atoms with E-state index in [1.165, 1.54) is 0 Å². The van der Waals surface area contributed by atoms with Gasteiger partial charge >= 0.3 is 0 Å². The van der Waals surface area contributed by atoms with Crippen molar-refractivity contribution in [3.8, 4) is 0 Å². The van der Waals surface area contributed by atoms with Gasteiger partial charge in [0.2, 0.25) is 5.95 Å². The second kappa shape index (κ2) is 11.2. The molecular weight excluding hydrogens is 440 g/mol. The number of aryl methyl sites for hydroxylation is 2. The Morgan fingerprint density at radius 3 is 2.61 bits per heavy atom. The molecule has 9 nitrogen and oxygen atoms in total. The number of benzene rings is 1. The average molecular weight is 471 g/mol. The minimum absolute atomic E-state index is 0.280. The number of nitrogens with zero attached hydrogens (tertiary/aromatic N) is 6. The van der Waals surface area contributed by atoms with Crippen LogP contribution in [0, 0.1) is 13.8 Å². The molecule has 2 heterocycles. The molecule has 0 saturated carbocycles. The molecule has 0 atom stereocenters. The summed E-state index contributed by atoms with van der Waals surface area (Å²) in [5.74, 6) is 2.17. The number of anilines is 2. The number of carbonyl (C=O) groups excluding carboxylic acids is 1. The van der Waals surface area contributed by atoms with Crippen molar-refractivity contribution in [2.45, 2.75) is 34.1 Å². The van der Waals surface area contributed by atoms with Gasteiger partial charge in [-0.15, -0.1) is 0 Å². The van der Waals surface area contributed by atoms with Crippen molar-refractivity contribution >= 4 is 29.1 Å². The van der Waals surface area contributed by atoms with Gasteiger partial charge < -0.3 is 20.1 Å². The standard InChI is InChI=1S/C23H31ClN8O/c1-6-32(7-2)12-11-25-23-28-16(4)27-19(29-23)13-20-26-14-18(31(20)5)22(33)30-21-15(3)9-8-10-17(21)24/h8-10,14H,6-7,11-13H2,1-5H3,(H,30,33)(H,25,27,28,29). The lowest BCUT2D eigenvalue weighted by Crippen LogP contribution is -2.29. The maximum Gasteiger partial charge on any atom is 0.273 e. The highest BCUT2D eigenvalue weighted by Crippen LogP contribution is 2.25. The van der Waals surface area contributed by atoms with Gasteiger partial charge in [-0.05, 0) is 38.6 Å². The first-order valence-corrected chi connectivity index (χ1v) is 11.4. The predicted molar refractivity (Wildman–Crippen MR) is 131 cm³/mol. The van der Waals surface area contributed by atoms with Gasteiger partial charge in [0.25, 0.3) is 5.91 Å². The van der Waals surface area contributed by atoms with Gasteiger partial charge in [0.15, 0.2) is 0 Å². The van der Waals surface area contributed by atoms with E-state index < -0.39 is 0 Å². The molecule has 2 aromatic heterocycles. The van der Waals surface area contributed by atoms with E-state index in [0.717, 1.165) is 31.7 Å². The molecule has 3 rings (SSSR count). The summed E-state index contributed by atoms with van der Waals surface area (Å²) in [5, 5.41) is 6.66. The number of hydrogen-bond acceptors (Lipinski definition) is 7. The van der Waals surface area contributed by atoms with Crippen LogP contribution in [0.4, 0.5) is 11.6 Å². The Bertz CT molecular complexity index is 1090. The Morgan fingerprint density at radius 1 is 1.15 bits per heavy atom. The Morgan fingerprint density at radius 2 is 1.91 bits per heavy atom. The lowest BCUT2D eigenvalue weighted by Gasteiger charge is -2.18. The van der Waals surface area contributed by atoms with Crippen LogP contribution in [0.3, 0.4) is 0 Å². The number of halogens is 1. The Kier molecular flexibility index (Phi) is 8.35. The van der Waals surface area contributed by atoms with Crippen LogP contribution in [-0.4, -0.2) is 61.5 Å². The van der Waals surface area contributed by atoms with Crippen LogP contribution in [0.25, 0.3) is 0 Å². The van der Waals surface area contributed by atoms with E-state index in [2.05, 4.69) is 49.3 Å². The second-order valence-electron chi connectivity index (χ2n) is 7.76. The SMILES string of the molecule is CCN(CC)CCNc1nc(C)nc(Cc2ncc(C(=O)Nc3c(C)cccc3Cl)n2C)n1. The second-order valence-corrected chi connectivity index (χ2v) is 8.16. The number of para-hydroxylation sites is 1. The maximum atomic E-state index is 12.9. The third-order valence-electron chi connectivity index (χ3n) is 5.49. The van der Waals surface area contributed by atoms with Crippen LogP contribution in [0.1, 0.15) is 47.4 Å². The summed E-state index contributed by atoms with van der Waals surface area (Å²) < 4.78 is 1.74. The molecule has 0 aliphatic heterocycles. The molecule has 2 N–H and O–H groups in total. The smallest absolute Gasteiger partial charge is 0.273 e. The number of amides is 1. The average Bonchev–Trinajstić information content (AvgIpc) is 3.13. The number of nitrogens with one attached hydrogen (secondary N) is 2. The van der Waals surface area contributed by atoms with Crippen LogP contribution in [-0.2, 0) is 13.5 Å². The molecule has 0 fully saturated rings. The number of rotatable bonds is 10. The Hall–Kier alpha value is -3.04. The van der Waals surface area contributed by atoms with E-state index in [1.807, 2.05) is 26.0 Å². The minimum Gasteiger partial charge on any atom is -0.353 e. The van der Waals surface area contributed by atoms with E-state index >= 15 is 0 Å².